The summed E-state index contributed by atoms with van der Waals surface area (Å²) in [5.74, 6) is 3.00. The number of aromatic nitrogens is 1. The van der Waals surface area contributed by atoms with Crippen LogP contribution in [0.15, 0.2) is 23.3 Å². The van der Waals surface area contributed by atoms with Crippen LogP contribution in [0.2, 0.25) is 5.02 Å². The van der Waals surface area contributed by atoms with Crippen molar-refractivity contribution in [2.45, 2.75) is 32.2 Å². The number of unbranched alkanes of at least 4 members (excludes halogenated alkanes) is 1. The third-order valence-corrected chi connectivity index (χ3v) is 4.93. The molecule has 1 aliphatic heterocycles. The van der Waals surface area contributed by atoms with Crippen LogP contribution in [0.25, 0.3) is 0 Å². The minimum absolute atomic E-state index is 0. The van der Waals surface area contributed by atoms with Gasteiger partial charge in [-0.1, -0.05) is 11.6 Å². The minimum atomic E-state index is 0. The Balaban J connectivity index is 0.00000312. The largest absolute Gasteiger partial charge is 0.357 e. The molecule has 2 rings (SSSR count). The fraction of sp³-hybridized carbons (Fsp3) is 0.647. The quantitative estimate of drug-likeness (QED) is 0.249. The Morgan fingerprint density at radius 3 is 3.04 bits per heavy atom. The Hall–Kier alpha value is -0.410. The molecule has 0 spiro atoms. The van der Waals surface area contributed by atoms with Gasteiger partial charge in [0.2, 0.25) is 0 Å². The van der Waals surface area contributed by atoms with E-state index in [-0.39, 0.29) is 24.0 Å². The highest BCUT2D eigenvalue weighted by Gasteiger charge is 2.25. The molecule has 2 heterocycles. The Kier molecular flexibility index (Phi) is 11.6. The number of hydrogen-bond donors (Lipinski definition) is 2. The van der Waals surface area contributed by atoms with Crippen LogP contribution in [0.5, 0.6) is 0 Å². The Morgan fingerprint density at radius 1 is 1.48 bits per heavy atom. The van der Waals surface area contributed by atoms with Crippen molar-refractivity contribution in [1.29, 1.82) is 0 Å². The molecule has 1 fully saturated rings. The number of guanidine groups is 1. The normalized spacial score (nSPS) is 17.3. The van der Waals surface area contributed by atoms with Crippen LogP contribution in [0.1, 0.15) is 26.2 Å². The monoisotopic (exact) mass is 497 g/mol. The average molecular weight is 498 g/mol. The van der Waals surface area contributed by atoms with E-state index in [1.165, 1.54) is 12.2 Å². The third-order valence-electron chi connectivity index (χ3n) is 3.94. The van der Waals surface area contributed by atoms with Gasteiger partial charge in [0.05, 0.1) is 5.02 Å². The summed E-state index contributed by atoms with van der Waals surface area (Å²) in [7, 11) is 0. The molecule has 0 aliphatic carbocycles. The SMILES string of the molecule is CCNC(=NCCCCSC)NC1CCN(c2ncccc2Cl)C1.I. The van der Waals surface area contributed by atoms with E-state index in [2.05, 4.69) is 38.7 Å². The van der Waals surface area contributed by atoms with E-state index in [1.807, 2.05) is 23.9 Å². The van der Waals surface area contributed by atoms with Crippen LogP contribution in [-0.4, -0.2) is 55.2 Å². The molecule has 1 aromatic rings. The second kappa shape index (κ2) is 12.9. The molecule has 0 aromatic carbocycles. The number of anilines is 1. The minimum Gasteiger partial charge on any atom is -0.357 e. The van der Waals surface area contributed by atoms with Gasteiger partial charge in [-0.05, 0) is 50.3 Å². The zero-order chi connectivity index (χ0) is 17.2. The summed E-state index contributed by atoms with van der Waals surface area (Å²) in [6.07, 6.45) is 7.36. The molecule has 5 nitrogen and oxygen atoms in total. The summed E-state index contributed by atoms with van der Waals surface area (Å²) in [4.78, 5) is 11.3. The molecule has 1 saturated heterocycles. The van der Waals surface area contributed by atoms with Crippen LogP contribution in [0.4, 0.5) is 5.82 Å². The van der Waals surface area contributed by atoms with Crippen molar-refractivity contribution in [3.63, 3.8) is 0 Å². The van der Waals surface area contributed by atoms with Crippen LogP contribution in [-0.2, 0) is 0 Å². The molecule has 142 valence electrons. The topological polar surface area (TPSA) is 52.6 Å². The number of nitrogens with one attached hydrogen (secondary N) is 2. The Labute approximate surface area is 177 Å². The van der Waals surface area contributed by atoms with E-state index >= 15 is 0 Å². The predicted octanol–water partition coefficient (Wildman–Crippen LogP) is 3.63. The number of pyridine rings is 1. The molecule has 25 heavy (non-hydrogen) atoms. The zero-order valence-electron chi connectivity index (χ0n) is 15.0. The first-order valence-corrected chi connectivity index (χ1v) is 10.4. The molecule has 0 bridgehead atoms. The lowest BCUT2D eigenvalue weighted by atomic mass is 10.3. The van der Waals surface area contributed by atoms with Gasteiger partial charge in [0.15, 0.2) is 5.96 Å². The van der Waals surface area contributed by atoms with Gasteiger partial charge in [-0.3, -0.25) is 4.99 Å². The van der Waals surface area contributed by atoms with Crippen molar-refractivity contribution >= 4 is 59.1 Å². The van der Waals surface area contributed by atoms with Gasteiger partial charge in [-0.15, -0.1) is 24.0 Å². The van der Waals surface area contributed by atoms with Gasteiger partial charge in [-0.25, -0.2) is 4.98 Å². The van der Waals surface area contributed by atoms with E-state index in [4.69, 9.17) is 11.6 Å². The smallest absolute Gasteiger partial charge is 0.191 e. The van der Waals surface area contributed by atoms with E-state index in [0.29, 0.717) is 11.1 Å². The van der Waals surface area contributed by atoms with Gasteiger partial charge in [0.25, 0.3) is 0 Å². The number of aliphatic imine (C=N–C) groups is 1. The maximum absolute atomic E-state index is 6.26. The summed E-state index contributed by atoms with van der Waals surface area (Å²) in [6.45, 7) is 5.70. The lowest BCUT2D eigenvalue weighted by Gasteiger charge is -2.20. The first kappa shape index (κ1) is 22.6. The Morgan fingerprint density at radius 2 is 2.32 bits per heavy atom. The van der Waals surface area contributed by atoms with Crippen molar-refractivity contribution in [2.24, 2.45) is 4.99 Å². The fourth-order valence-corrected chi connectivity index (χ4v) is 3.48. The second-order valence-electron chi connectivity index (χ2n) is 5.85. The predicted molar refractivity (Wildman–Crippen MR) is 122 cm³/mol. The van der Waals surface area contributed by atoms with Crippen LogP contribution in [0, 0.1) is 0 Å². The number of hydrogen-bond acceptors (Lipinski definition) is 4. The molecule has 1 atom stereocenters. The van der Waals surface area contributed by atoms with Crippen molar-refractivity contribution in [1.82, 2.24) is 15.6 Å². The third kappa shape index (κ3) is 7.78. The van der Waals surface area contributed by atoms with Crippen molar-refractivity contribution in [3.05, 3.63) is 23.4 Å². The van der Waals surface area contributed by atoms with E-state index in [0.717, 1.165) is 50.8 Å². The summed E-state index contributed by atoms with van der Waals surface area (Å²) >= 11 is 8.15. The van der Waals surface area contributed by atoms with Gasteiger partial charge in [-0.2, -0.15) is 11.8 Å². The van der Waals surface area contributed by atoms with E-state index in [9.17, 15) is 0 Å². The lowest BCUT2D eigenvalue weighted by molar-refractivity contribution is 0.647. The van der Waals surface area contributed by atoms with Gasteiger partial charge < -0.3 is 15.5 Å². The maximum atomic E-state index is 6.26. The number of rotatable bonds is 8. The molecule has 2 N–H and O–H groups in total. The molecular formula is C17H29ClIN5S. The van der Waals surface area contributed by atoms with Gasteiger partial charge in [0, 0.05) is 38.4 Å². The van der Waals surface area contributed by atoms with E-state index < -0.39 is 0 Å². The fourth-order valence-electron chi connectivity index (χ4n) is 2.74. The molecule has 0 saturated carbocycles. The van der Waals surface area contributed by atoms with Crippen molar-refractivity contribution in [3.8, 4) is 0 Å². The number of thioether (sulfide) groups is 1. The Bertz CT molecular complexity index is 532. The summed E-state index contributed by atoms with van der Waals surface area (Å²) < 4.78 is 0. The van der Waals surface area contributed by atoms with Crippen LogP contribution < -0.4 is 15.5 Å². The summed E-state index contributed by atoms with van der Waals surface area (Å²) in [5.41, 5.74) is 0. The molecular weight excluding hydrogens is 469 g/mol. The zero-order valence-corrected chi connectivity index (χ0v) is 18.9. The van der Waals surface area contributed by atoms with Crippen molar-refractivity contribution < 1.29 is 0 Å². The van der Waals surface area contributed by atoms with Gasteiger partial charge in [0.1, 0.15) is 5.82 Å². The first-order valence-electron chi connectivity index (χ1n) is 8.63. The summed E-state index contributed by atoms with van der Waals surface area (Å²) in [6, 6.07) is 4.13. The van der Waals surface area contributed by atoms with Crippen LogP contribution in [0.3, 0.4) is 0 Å². The summed E-state index contributed by atoms with van der Waals surface area (Å²) in [5, 5.41) is 7.60. The standard InChI is InChI=1S/C17H28ClN5S.HI/c1-3-19-17(21-9-4-5-12-24-2)22-14-8-11-23(13-14)16-15(18)7-6-10-20-16;/h6-7,10,14H,3-5,8-9,11-13H2,1-2H3,(H2,19,21,22);1H. The molecule has 1 aromatic heterocycles. The van der Waals surface area contributed by atoms with E-state index in [1.54, 1.807) is 6.20 Å². The molecule has 0 radical (unpaired) electrons. The molecule has 1 unspecified atom stereocenters. The lowest BCUT2D eigenvalue weighted by Crippen LogP contribution is -2.44. The molecule has 8 heteroatoms. The van der Waals surface area contributed by atoms with Crippen LogP contribution >= 0.6 is 47.3 Å². The number of nitrogens with zero attached hydrogens (tertiary/aromatic N) is 3. The van der Waals surface area contributed by atoms with Crippen molar-refractivity contribution in [2.75, 3.05) is 43.1 Å². The molecule has 1 aliphatic rings. The highest BCUT2D eigenvalue weighted by Crippen LogP contribution is 2.25. The first-order chi connectivity index (χ1) is 11.7. The highest BCUT2D eigenvalue weighted by atomic mass is 127. The number of halogens is 2. The van der Waals surface area contributed by atoms with Gasteiger partial charge >= 0.3 is 0 Å². The average Bonchev–Trinajstić information content (AvgIpc) is 3.03. The molecule has 0 amide bonds. The maximum Gasteiger partial charge on any atom is 0.191 e. The second-order valence-corrected chi connectivity index (χ2v) is 7.24. The highest BCUT2D eigenvalue weighted by molar-refractivity contribution is 14.0.